The molecule has 0 aliphatic rings. The monoisotopic (exact) mass is 350 g/mol. The van der Waals surface area contributed by atoms with E-state index in [9.17, 15) is 13.2 Å². The first kappa shape index (κ1) is 17.1. The van der Waals surface area contributed by atoms with Crippen LogP contribution >= 0.6 is 0 Å². The Balaban J connectivity index is 2.13. The van der Waals surface area contributed by atoms with Crippen molar-refractivity contribution < 1.29 is 13.2 Å². The highest BCUT2D eigenvalue weighted by atomic mass is 19.4. The standard InChI is InChI=1S/C16H17F3N6/c1-4-24(11(3)12-6-5-7-20-9-12)13-8-10(2)21-15-22-14(16(17,18)19)23-25(13)15/h5-9,11H,4H2,1-3H3. The molecule has 0 aliphatic carbocycles. The summed E-state index contributed by atoms with van der Waals surface area (Å²) in [5.41, 5.74) is 1.52. The van der Waals surface area contributed by atoms with Crippen molar-refractivity contribution in [2.24, 2.45) is 0 Å². The van der Waals surface area contributed by atoms with Crippen LogP contribution in [0, 0.1) is 6.92 Å². The minimum atomic E-state index is -4.62. The highest BCUT2D eigenvalue weighted by Gasteiger charge is 2.37. The van der Waals surface area contributed by atoms with E-state index in [4.69, 9.17) is 0 Å². The van der Waals surface area contributed by atoms with Crippen LogP contribution in [0.15, 0.2) is 30.6 Å². The molecular weight excluding hydrogens is 333 g/mol. The lowest BCUT2D eigenvalue weighted by Gasteiger charge is -2.30. The van der Waals surface area contributed by atoms with Crippen LogP contribution in [0.5, 0.6) is 0 Å². The molecule has 0 saturated carbocycles. The van der Waals surface area contributed by atoms with Crippen molar-refractivity contribution in [3.05, 3.63) is 47.7 Å². The lowest BCUT2D eigenvalue weighted by molar-refractivity contribution is -0.144. The second-order valence-electron chi connectivity index (χ2n) is 5.65. The zero-order valence-electron chi connectivity index (χ0n) is 14.0. The molecule has 0 spiro atoms. The van der Waals surface area contributed by atoms with Crippen LogP contribution in [-0.4, -0.2) is 31.1 Å². The molecule has 0 aliphatic heterocycles. The summed E-state index contributed by atoms with van der Waals surface area (Å²) in [6.07, 6.45) is -1.21. The van der Waals surface area contributed by atoms with Crippen LogP contribution in [0.2, 0.25) is 0 Å². The van der Waals surface area contributed by atoms with E-state index in [1.165, 1.54) is 0 Å². The van der Waals surface area contributed by atoms with E-state index in [0.717, 1.165) is 10.1 Å². The van der Waals surface area contributed by atoms with Gasteiger partial charge in [0.1, 0.15) is 5.82 Å². The quantitative estimate of drug-likeness (QED) is 0.721. The lowest BCUT2D eigenvalue weighted by atomic mass is 10.1. The molecule has 3 aromatic rings. The molecule has 3 rings (SSSR count). The smallest absolute Gasteiger partial charge is 0.350 e. The fraction of sp³-hybridized carbons (Fsp3) is 0.375. The van der Waals surface area contributed by atoms with E-state index < -0.39 is 12.0 Å². The normalized spacial score (nSPS) is 13.2. The molecule has 0 fully saturated rings. The zero-order chi connectivity index (χ0) is 18.2. The van der Waals surface area contributed by atoms with Crippen LogP contribution in [0.3, 0.4) is 0 Å². The summed E-state index contributed by atoms with van der Waals surface area (Å²) in [5, 5.41) is 3.63. The van der Waals surface area contributed by atoms with Gasteiger partial charge >= 0.3 is 6.18 Å². The average molecular weight is 350 g/mol. The highest BCUT2D eigenvalue weighted by molar-refractivity contribution is 5.49. The number of nitrogens with zero attached hydrogens (tertiary/aromatic N) is 6. The number of anilines is 1. The van der Waals surface area contributed by atoms with Crippen molar-refractivity contribution >= 4 is 11.6 Å². The molecule has 25 heavy (non-hydrogen) atoms. The summed E-state index contributed by atoms with van der Waals surface area (Å²) >= 11 is 0. The van der Waals surface area contributed by atoms with Gasteiger partial charge in [0, 0.05) is 30.7 Å². The van der Waals surface area contributed by atoms with Gasteiger partial charge in [0.15, 0.2) is 0 Å². The maximum atomic E-state index is 13.0. The first-order valence-electron chi connectivity index (χ1n) is 7.79. The molecule has 1 atom stereocenters. The molecule has 0 saturated heterocycles. The molecule has 0 amide bonds. The molecule has 3 heterocycles. The molecule has 0 aromatic carbocycles. The van der Waals surface area contributed by atoms with E-state index in [0.29, 0.717) is 18.1 Å². The van der Waals surface area contributed by atoms with Gasteiger partial charge in [0.25, 0.3) is 11.6 Å². The molecule has 0 radical (unpaired) electrons. The van der Waals surface area contributed by atoms with Gasteiger partial charge in [0.05, 0.1) is 6.04 Å². The third-order valence-corrected chi connectivity index (χ3v) is 3.94. The number of hydrogen-bond donors (Lipinski definition) is 0. The van der Waals surface area contributed by atoms with Crippen LogP contribution in [0.4, 0.5) is 19.0 Å². The molecule has 6 nitrogen and oxygen atoms in total. The van der Waals surface area contributed by atoms with Crippen molar-refractivity contribution in [2.75, 3.05) is 11.4 Å². The fourth-order valence-corrected chi connectivity index (χ4v) is 2.73. The first-order valence-corrected chi connectivity index (χ1v) is 7.79. The summed E-state index contributed by atoms with van der Waals surface area (Å²) in [6.45, 7) is 6.17. The van der Waals surface area contributed by atoms with Gasteiger partial charge in [-0.05, 0) is 32.4 Å². The van der Waals surface area contributed by atoms with Crippen molar-refractivity contribution in [3.63, 3.8) is 0 Å². The first-order chi connectivity index (χ1) is 11.8. The summed E-state index contributed by atoms with van der Waals surface area (Å²) < 4.78 is 40.1. The van der Waals surface area contributed by atoms with E-state index in [1.54, 1.807) is 25.4 Å². The van der Waals surface area contributed by atoms with Gasteiger partial charge in [-0.15, -0.1) is 5.10 Å². The summed E-state index contributed by atoms with van der Waals surface area (Å²) in [5.74, 6) is -0.763. The molecule has 132 valence electrons. The van der Waals surface area contributed by atoms with Gasteiger partial charge < -0.3 is 4.90 Å². The molecule has 3 aromatic heterocycles. The number of rotatable bonds is 4. The van der Waals surface area contributed by atoms with Crippen LogP contribution in [0.25, 0.3) is 5.78 Å². The molecule has 9 heteroatoms. The summed E-state index contributed by atoms with van der Waals surface area (Å²) in [7, 11) is 0. The van der Waals surface area contributed by atoms with Gasteiger partial charge in [-0.25, -0.2) is 4.98 Å². The number of aryl methyl sites for hydroxylation is 1. The Morgan fingerprint density at radius 2 is 2.04 bits per heavy atom. The molecule has 0 N–H and O–H groups in total. The molecule has 1 unspecified atom stereocenters. The largest absolute Gasteiger partial charge is 0.453 e. The maximum Gasteiger partial charge on any atom is 0.453 e. The molecular formula is C16H17F3N6. The van der Waals surface area contributed by atoms with Gasteiger partial charge in [-0.3, -0.25) is 4.98 Å². The maximum absolute atomic E-state index is 13.0. The SMILES string of the molecule is CCN(c1cc(C)nc2nc(C(F)(F)F)nn12)C(C)c1cccnc1. The third kappa shape index (κ3) is 3.26. The summed E-state index contributed by atoms with van der Waals surface area (Å²) in [6, 6.07) is 5.35. The zero-order valence-corrected chi connectivity index (χ0v) is 14.0. The van der Waals surface area contributed by atoms with E-state index in [-0.39, 0.29) is 11.8 Å². The van der Waals surface area contributed by atoms with E-state index in [1.807, 2.05) is 30.9 Å². The van der Waals surface area contributed by atoms with Gasteiger partial charge in [-0.1, -0.05) is 6.07 Å². The van der Waals surface area contributed by atoms with Crippen molar-refractivity contribution in [1.82, 2.24) is 24.6 Å². The Kier molecular flexibility index (Phi) is 4.32. The number of fused-ring (bicyclic) bond motifs is 1. The van der Waals surface area contributed by atoms with Crippen LogP contribution in [-0.2, 0) is 6.18 Å². The Morgan fingerprint density at radius 3 is 2.64 bits per heavy atom. The minimum Gasteiger partial charge on any atom is -0.350 e. The number of aromatic nitrogens is 5. The van der Waals surface area contributed by atoms with Crippen LogP contribution in [0.1, 0.15) is 37.0 Å². The van der Waals surface area contributed by atoms with Crippen molar-refractivity contribution in [3.8, 4) is 0 Å². The lowest BCUT2D eigenvalue weighted by Crippen LogP contribution is -2.29. The van der Waals surface area contributed by atoms with Crippen LogP contribution < -0.4 is 4.90 Å². The number of hydrogen-bond acceptors (Lipinski definition) is 5. The topological polar surface area (TPSA) is 59.2 Å². The Labute approximate surface area is 142 Å². The average Bonchev–Trinajstić information content (AvgIpc) is 3.00. The second kappa shape index (κ2) is 6.30. The number of halogens is 3. The number of alkyl halides is 3. The number of pyridine rings is 1. The van der Waals surface area contributed by atoms with Crippen molar-refractivity contribution in [2.45, 2.75) is 33.0 Å². The van der Waals surface area contributed by atoms with E-state index in [2.05, 4.69) is 20.1 Å². The second-order valence-corrected chi connectivity index (χ2v) is 5.65. The predicted molar refractivity (Wildman–Crippen MR) is 86.2 cm³/mol. The Morgan fingerprint density at radius 1 is 1.28 bits per heavy atom. The fourth-order valence-electron chi connectivity index (χ4n) is 2.73. The molecule has 0 bridgehead atoms. The van der Waals surface area contributed by atoms with Gasteiger partial charge in [0.2, 0.25) is 0 Å². The van der Waals surface area contributed by atoms with Gasteiger partial charge in [-0.2, -0.15) is 22.7 Å². The Hall–Kier alpha value is -2.71. The van der Waals surface area contributed by atoms with Crippen molar-refractivity contribution in [1.29, 1.82) is 0 Å². The van der Waals surface area contributed by atoms with E-state index >= 15 is 0 Å². The highest BCUT2D eigenvalue weighted by Crippen LogP contribution is 2.30. The predicted octanol–water partition coefficient (Wildman–Crippen LogP) is 3.43. The third-order valence-electron chi connectivity index (χ3n) is 3.94. The Bertz CT molecular complexity index is 875. The minimum absolute atomic E-state index is 0.0702. The summed E-state index contributed by atoms with van der Waals surface area (Å²) in [4.78, 5) is 13.6.